The number of anilines is 1. The predicted octanol–water partition coefficient (Wildman–Crippen LogP) is 5.14. The summed E-state index contributed by atoms with van der Waals surface area (Å²) < 4.78 is 31.1. The number of hydrogen-bond donors (Lipinski definition) is 0. The fraction of sp³-hybridized carbons (Fsp3) is 0.690. The van der Waals surface area contributed by atoms with Crippen LogP contribution in [0.25, 0.3) is 11.0 Å². The Morgan fingerprint density at radius 2 is 1.31 bits per heavy atom. The molecule has 0 N–H and O–H groups in total. The zero-order valence-electron chi connectivity index (χ0n) is 27.2. The Morgan fingerprint density at radius 3 is 1.76 bits per heavy atom. The number of hydrogen-bond acceptors (Lipinski definition) is 10. The minimum absolute atomic E-state index is 0.0467. The molecule has 42 heavy (non-hydrogen) atoms. The highest BCUT2D eigenvalue weighted by molar-refractivity contribution is 6.65. The number of amides is 2. The van der Waals surface area contributed by atoms with Gasteiger partial charge in [0.2, 0.25) is 0 Å². The van der Waals surface area contributed by atoms with E-state index in [4.69, 9.17) is 23.5 Å². The summed E-state index contributed by atoms with van der Waals surface area (Å²) in [6.07, 6.45) is 1.07. The van der Waals surface area contributed by atoms with Crippen LogP contribution in [0.3, 0.4) is 0 Å². The van der Waals surface area contributed by atoms with Crippen LogP contribution < -0.4 is 10.4 Å². The van der Waals surface area contributed by atoms with Crippen molar-refractivity contribution in [1.82, 2.24) is 14.5 Å². The molecule has 0 unspecified atom stereocenters. The summed E-state index contributed by atoms with van der Waals surface area (Å²) in [6.45, 7) is 23.4. The Bertz CT molecular complexity index is 1300. The third-order valence-electron chi connectivity index (χ3n) is 6.51. The summed E-state index contributed by atoms with van der Waals surface area (Å²) in [5.74, 6) is -0.454. The molecular formula is C29H45BN4O8. The number of esters is 1. The average molecular weight is 589 g/mol. The van der Waals surface area contributed by atoms with Gasteiger partial charge in [-0.3, -0.25) is 4.79 Å². The van der Waals surface area contributed by atoms with Gasteiger partial charge < -0.3 is 28.1 Å². The SMILES string of the molecule is CC(C)(C)OC(=O)CCn1cc(B2OC(C)(C)C(C)(C)O2)c2c(N(C(=O)OC(C)(C)C)C(=O)OC(C)(C)C)ncnc21. The predicted molar refractivity (Wildman–Crippen MR) is 159 cm³/mol. The second-order valence-corrected chi connectivity index (χ2v) is 14.4. The maximum absolute atomic E-state index is 13.5. The number of carbonyl (C=O) groups is 3. The Balaban J connectivity index is 2.22. The minimum Gasteiger partial charge on any atom is -0.460 e. The van der Waals surface area contributed by atoms with Gasteiger partial charge in [-0.05, 0) is 90.0 Å². The molecule has 3 heterocycles. The van der Waals surface area contributed by atoms with Crippen molar-refractivity contribution < 1.29 is 37.9 Å². The van der Waals surface area contributed by atoms with Crippen molar-refractivity contribution in [3.63, 3.8) is 0 Å². The highest BCUT2D eigenvalue weighted by Gasteiger charge is 2.53. The van der Waals surface area contributed by atoms with Gasteiger partial charge in [-0.25, -0.2) is 19.6 Å². The quantitative estimate of drug-likeness (QED) is 0.263. The van der Waals surface area contributed by atoms with Crippen molar-refractivity contribution in [2.75, 3.05) is 4.90 Å². The van der Waals surface area contributed by atoms with E-state index in [0.717, 1.165) is 4.90 Å². The molecule has 0 atom stereocenters. The lowest BCUT2D eigenvalue weighted by atomic mass is 9.79. The van der Waals surface area contributed by atoms with Crippen molar-refractivity contribution in [1.29, 1.82) is 0 Å². The van der Waals surface area contributed by atoms with E-state index in [1.807, 2.05) is 27.7 Å². The van der Waals surface area contributed by atoms with E-state index in [1.165, 1.54) is 6.33 Å². The number of rotatable bonds is 5. The Labute approximate surface area is 248 Å². The Morgan fingerprint density at radius 1 is 0.833 bits per heavy atom. The van der Waals surface area contributed by atoms with Crippen LogP contribution in [0.2, 0.25) is 0 Å². The number of aromatic nitrogens is 3. The standard InChI is InChI=1S/C29H45BN4O8/c1-25(2,3)38-19(35)14-15-33-16-18(30-41-28(10,11)29(12,13)42-30)20-21(33)31-17-32-22(20)34(23(36)39-26(4,5)6)24(37)40-27(7,8)9/h16-17H,14-15H2,1-13H3. The van der Waals surface area contributed by atoms with E-state index in [0.29, 0.717) is 16.5 Å². The lowest BCUT2D eigenvalue weighted by molar-refractivity contribution is -0.155. The molecular weight excluding hydrogens is 543 g/mol. The van der Waals surface area contributed by atoms with Crippen molar-refractivity contribution >= 4 is 47.6 Å². The number of carbonyl (C=O) groups excluding carboxylic acids is 3. The Kier molecular flexibility index (Phi) is 8.84. The van der Waals surface area contributed by atoms with E-state index in [1.54, 1.807) is 73.1 Å². The largest absolute Gasteiger partial charge is 0.497 e. The van der Waals surface area contributed by atoms with Crippen LogP contribution in [0.15, 0.2) is 12.5 Å². The fourth-order valence-corrected chi connectivity index (χ4v) is 4.09. The van der Waals surface area contributed by atoms with E-state index >= 15 is 0 Å². The smallest absolute Gasteiger partial charge is 0.460 e. The molecule has 3 rings (SSSR count). The zero-order chi connectivity index (χ0) is 32.1. The van der Waals surface area contributed by atoms with Crippen LogP contribution in [0, 0.1) is 0 Å². The molecule has 232 valence electrons. The molecule has 2 amide bonds. The summed E-state index contributed by atoms with van der Waals surface area (Å²) in [7, 11) is -0.899. The molecule has 1 saturated heterocycles. The summed E-state index contributed by atoms with van der Waals surface area (Å²) >= 11 is 0. The number of fused-ring (bicyclic) bond motifs is 1. The van der Waals surface area contributed by atoms with Crippen molar-refractivity contribution in [3.8, 4) is 0 Å². The Hall–Kier alpha value is -3.19. The van der Waals surface area contributed by atoms with Crippen LogP contribution >= 0.6 is 0 Å². The van der Waals surface area contributed by atoms with Gasteiger partial charge in [-0.1, -0.05) is 0 Å². The van der Waals surface area contributed by atoms with Crippen molar-refractivity contribution in [2.24, 2.45) is 0 Å². The molecule has 0 spiro atoms. The van der Waals surface area contributed by atoms with Crippen LogP contribution in [-0.4, -0.2) is 67.8 Å². The first-order valence-corrected chi connectivity index (χ1v) is 14.1. The van der Waals surface area contributed by atoms with Gasteiger partial charge >= 0.3 is 25.3 Å². The number of ether oxygens (including phenoxy) is 3. The van der Waals surface area contributed by atoms with Gasteiger partial charge in [0.25, 0.3) is 0 Å². The molecule has 1 aliphatic heterocycles. The molecule has 1 fully saturated rings. The van der Waals surface area contributed by atoms with Gasteiger partial charge in [-0.15, -0.1) is 0 Å². The molecule has 13 heteroatoms. The molecule has 2 aromatic heterocycles. The third-order valence-corrected chi connectivity index (χ3v) is 6.51. The van der Waals surface area contributed by atoms with E-state index in [2.05, 4.69) is 9.97 Å². The molecule has 12 nitrogen and oxygen atoms in total. The number of imide groups is 1. The van der Waals surface area contributed by atoms with E-state index in [-0.39, 0.29) is 24.8 Å². The lowest BCUT2D eigenvalue weighted by Crippen LogP contribution is -2.45. The first-order chi connectivity index (χ1) is 18.9. The van der Waals surface area contributed by atoms with E-state index in [9.17, 15) is 14.4 Å². The molecule has 0 aromatic carbocycles. The highest BCUT2D eigenvalue weighted by Crippen LogP contribution is 2.38. The minimum atomic E-state index is -0.974. The molecule has 2 aromatic rings. The first-order valence-electron chi connectivity index (χ1n) is 14.1. The van der Waals surface area contributed by atoms with Crippen LogP contribution in [0.1, 0.15) is 96.4 Å². The molecule has 0 aliphatic carbocycles. The van der Waals surface area contributed by atoms with Gasteiger partial charge in [0.05, 0.1) is 23.0 Å². The van der Waals surface area contributed by atoms with Crippen LogP contribution in [0.5, 0.6) is 0 Å². The number of aryl methyl sites for hydroxylation is 1. The van der Waals surface area contributed by atoms with E-state index < -0.39 is 47.3 Å². The highest BCUT2D eigenvalue weighted by atomic mass is 16.7. The van der Waals surface area contributed by atoms with Gasteiger partial charge in [0.15, 0.2) is 5.82 Å². The summed E-state index contributed by atoms with van der Waals surface area (Å²) in [5.41, 5.74) is -3.02. The number of nitrogens with zero attached hydrogens (tertiary/aromatic N) is 4. The fourth-order valence-electron chi connectivity index (χ4n) is 4.09. The zero-order valence-corrected chi connectivity index (χ0v) is 27.2. The topological polar surface area (TPSA) is 131 Å². The normalized spacial score (nSPS) is 16.8. The van der Waals surface area contributed by atoms with Crippen molar-refractivity contribution in [3.05, 3.63) is 12.5 Å². The van der Waals surface area contributed by atoms with Crippen LogP contribution in [-0.2, 0) is 34.9 Å². The monoisotopic (exact) mass is 588 g/mol. The maximum Gasteiger partial charge on any atom is 0.497 e. The molecule has 0 radical (unpaired) electrons. The third kappa shape index (κ3) is 7.80. The average Bonchev–Trinajstić information content (AvgIpc) is 3.22. The van der Waals surface area contributed by atoms with Crippen molar-refractivity contribution in [2.45, 2.75) is 131 Å². The first kappa shape index (κ1) is 33.3. The molecule has 1 aliphatic rings. The lowest BCUT2D eigenvalue weighted by Gasteiger charge is -2.32. The van der Waals surface area contributed by atoms with Gasteiger partial charge in [-0.2, -0.15) is 4.90 Å². The summed E-state index contributed by atoms with van der Waals surface area (Å²) in [6, 6.07) is 0. The molecule has 0 bridgehead atoms. The molecule has 0 saturated carbocycles. The summed E-state index contributed by atoms with van der Waals surface area (Å²) in [5, 5.41) is 0.317. The summed E-state index contributed by atoms with van der Waals surface area (Å²) in [4.78, 5) is 49.2. The maximum atomic E-state index is 13.5. The second kappa shape index (κ2) is 11.1. The van der Waals surface area contributed by atoms with Gasteiger partial charge in [0, 0.05) is 18.2 Å². The van der Waals surface area contributed by atoms with Gasteiger partial charge in [0.1, 0.15) is 28.8 Å². The van der Waals surface area contributed by atoms with Crippen LogP contribution in [0.4, 0.5) is 15.4 Å². The second-order valence-electron chi connectivity index (χ2n) is 14.4.